The van der Waals surface area contributed by atoms with Crippen LogP contribution in [0.25, 0.3) is 0 Å². The third-order valence-corrected chi connectivity index (χ3v) is 8.08. The Morgan fingerprint density at radius 3 is 2.30 bits per heavy atom. The summed E-state index contributed by atoms with van der Waals surface area (Å²) in [6.07, 6.45) is 0.995. The second-order valence-corrected chi connectivity index (χ2v) is 10.9. The predicted molar refractivity (Wildman–Crippen MR) is 121 cm³/mol. The molecule has 30 heavy (non-hydrogen) atoms. The second kappa shape index (κ2) is 9.27. The highest BCUT2D eigenvalue weighted by Gasteiger charge is 2.33. The number of piperidine rings is 1. The summed E-state index contributed by atoms with van der Waals surface area (Å²) in [5.41, 5.74) is 0.996. The molecule has 0 saturated carbocycles. The van der Waals surface area contributed by atoms with Crippen LogP contribution >= 0.6 is 23.2 Å². The Labute approximate surface area is 188 Å². The molecule has 2 aromatic carbocycles. The lowest BCUT2D eigenvalue weighted by Gasteiger charge is -2.34. The van der Waals surface area contributed by atoms with Crippen LogP contribution in [0.3, 0.4) is 0 Å². The molecule has 1 aliphatic rings. The first-order chi connectivity index (χ1) is 14.1. The van der Waals surface area contributed by atoms with Gasteiger partial charge in [0.25, 0.3) is 0 Å². The number of rotatable bonds is 6. The molecule has 2 aromatic rings. The summed E-state index contributed by atoms with van der Waals surface area (Å²) in [5, 5.41) is 3.98. The van der Waals surface area contributed by atoms with E-state index in [9.17, 15) is 13.2 Å². The molecule has 1 amide bonds. The van der Waals surface area contributed by atoms with Gasteiger partial charge in [-0.1, -0.05) is 59.6 Å². The van der Waals surface area contributed by atoms with Crippen LogP contribution in [0.2, 0.25) is 10.0 Å². The van der Waals surface area contributed by atoms with Gasteiger partial charge >= 0.3 is 0 Å². The van der Waals surface area contributed by atoms with Crippen LogP contribution in [0.4, 0.5) is 0 Å². The first-order valence-electron chi connectivity index (χ1n) is 9.88. The summed E-state index contributed by atoms with van der Waals surface area (Å²) in [6.45, 7) is 4.51. The van der Waals surface area contributed by atoms with Crippen LogP contribution in [-0.4, -0.2) is 31.7 Å². The highest BCUT2D eigenvalue weighted by molar-refractivity contribution is 7.88. The average molecular weight is 469 g/mol. The minimum atomic E-state index is -3.40. The van der Waals surface area contributed by atoms with E-state index in [1.807, 2.05) is 50.2 Å². The van der Waals surface area contributed by atoms with E-state index in [0.29, 0.717) is 36.0 Å². The Morgan fingerprint density at radius 1 is 1.07 bits per heavy atom. The number of carbonyl (C=O) groups is 1. The minimum Gasteiger partial charge on any atom is -0.347 e. The van der Waals surface area contributed by atoms with Crippen LogP contribution in [0, 0.1) is 5.92 Å². The van der Waals surface area contributed by atoms with Crippen molar-refractivity contribution >= 4 is 39.1 Å². The van der Waals surface area contributed by atoms with Crippen LogP contribution in [0.15, 0.2) is 48.5 Å². The Kier molecular flexibility index (Phi) is 7.13. The topological polar surface area (TPSA) is 66.5 Å². The fourth-order valence-corrected chi connectivity index (χ4v) is 5.50. The highest BCUT2D eigenvalue weighted by atomic mass is 35.5. The van der Waals surface area contributed by atoms with Crippen molar-refractivity contribution in [3.63, 3.8) is 0 Å². The molecule has 0 unspecified atom stereocenters. The number of nitrogens with zero attached hydrogens (tertiary/aromatic N) is 1. The van der Waals surface area contributed by atoms with Gasteiger partial charge in [-0.15, -0.1) is 0 Å². The molecule has 1 saturated heterocycles. The fourth-order valence-electron chi connectivity index (χ4n) is 3.64. The van der Waals surface area contributed by atoms with Gasteiger partial charge in [-0.2, -0.15) is 0 Å². The Bertz CT molecular complexity index is 1000. The monoisotopic (exact) mass is 468 g/mol. The van der Waals surface area contributed by atoms with Crippen LogP contribution in [0.5, 0.6) is 0 Å². The molecule has 0 aliphatic carbocycles. The summed E-state index contributed by atoms with van der Waals surface area (Å²) in [7, 11) is -3.40. The van der Waals surface area contributed by atoms with Crippen LogP contribution in [0.1, 0.15) is 37.8 Å². The van der Waals surface area contributed by atoms with Gasteiger partial charge in [0, 0.05) is 19.0 Å². The van der Waals surface area contributed by atoms with Crippen molar-refractivity contribution in [1.29, 1.82) is 0 Å². The van der Waals surface area contributed by atoms with Crippen molar-refractivity contribution < 1.29 is 13.2 Å². The Morgan fingerprint density at radius 2 is 1.70 bits per heavy atom. The number of hydrogen-bond acceptors (Lipinski definition) is 3. The first-order valence-corrected chi connectivity index (χ1v) is 12.2. The van der Waals surface area contributed by atoms with Gasteiger partial charge in [0.05, 0.1) is 21.3 Å². The normalized spacial score (nSPS) is 16.4. The number of amides is 1. The molecule has 5 nitrogen and oxygen atoms in total. The van der Waals surface area contributed by atoms with E-state index in [1.54, 1.807) is 12.1 Å². The number of sulfonamides is 1. The molecule has 0 bridgehead atoms. The van der Waals surface area contributed by atoms with Gasteiger partial charge in [-0.3, -0.25) is 4.79 Å². The molecular weight excluding hydrogens is 443 g/mol. The Balaban J connectivity index is 1.59. The lowest BCUT2D eigenvalue weighted by Crippen LogP contribution is -2.48. The standard InChI is InChI=1S/C22H26Cl2N2O3S/c1-22(2,18-8-9-19(23)20(24)14-18)25-21(27)17-10-12-26(13-11-17)30(28,29)15-16-6-4-3-5-7-16/h3-9,14,17H,10-13,15H2,1-2H3,(H,25,27). The predicted octanol–water partition coefficient (Wildman–Crippen LogP) is 4.59. The van der Waals surface area contributed by atoms with Crippen molar-refractivity contribution in [3.05, 3.63) is 69.7 Å². The molecule has 1 aliphatic heterocycles. The number of halogens is 2. The summed E-state index contributed by atoms with van der Waals surface area (Å²) < 4.78 is 26.9. The van der Waals surface area contributed by atoms with Gasteiger partial charge in [0.15, 0.2) is 0 Å². The molecular formula is C22H26Cl2N2O3S. The van der Waals surface area contributed by atoms with Crippen molar-refractivity contribution in [3.8, 4) is 0 Å². The third kappa shape index (κ3) is 5.55. The van der Waals surface area contributed by atoms with Gasteiger partial charge in [-0.25, -0.2) is 12.7 Å². The molecule has 0 atom stereocenters. The smallest absolute Gasteiger partial charge is 0.223 e. The lowest BCUT2D eigenvalue weighted by molar-refractivity contribution is -0.127. The van der Waals surface area contributed by atoms with E-state index >= 15 is 0 Å². The van der Waals surface area contributed by atoms with Crippen molar-refractivity contribution in [2.24, 2.45) is 5.92 Å². The molecule has 0 spiro atoms. The van der Waals surface area contributed by atoms with Crippen molar-refractivity contribution in [2.75, 3.05) is 13.1 Å². The second-order valence-electron chi connectivity index (χ2n) is 8.16. The number of benzene rings is 2. The van der Waals surface area contributed by atoms with E-state index in [0.717, 1.165) is 11.1 Å². The zero-order chi connectivity index (χ0) is 21.9. The van der Waals surface area contributed by atoms with Gasteiger partial charge in [0.1, 0.15) is 0 Å². The molecule has 3 rings (SSSR count). The van der Waals surface area contributed by atoms with E-state index in [2.05, 4.69) is 5.32 Å². The van der Waals surface area contributed by atoms with E-state index in [-0.39, 0.29) is 17.6 Å². The SMILES string of the molecule is CC(C)(NC(=O)C1CCN(S(=O)(=O)Cc2ccccc2)CC1)c1ccc(Cl)c(Cl)c1. The van der Waals surface area contributed by atoms with E-state index in [4.69, 9.17) is 23.2 Å². The highest BCUT2D eigenvalue weighted by Crippen LogP contribution is 2.29. The largest absolute Gasteiger partial charge is 0.347 e. The van der Waals surface area contributed by atoms with Crippen molar-refractivity contribution in [1.82, 2.24) is 9.62 Å². The average Bonchev–Trinajstić information content (AvgIpc) is 2.70. The molecule has 1 heterocycles. The Hall–Kier alpha value is -1.60. The van der Waals surface area contributed by atoms with Gasteiger partial charge in [0.2, 0.25) is 15.9 Å². The summed E-state index contributed by atoms with van der Waals surface area (Å²) in [5.74, 6) is -0.323. The van der Waals surface area contributed by atoms with Crippen molar-refractivity contribution in [2.45, 2.75) is 38.0 Å². The molecule has 8 heteroatoms. The number of carbonyl (C=O) groups excluding carboxylic acids is 1. The van der Waals surface area contributed by atoms with Gasteiger partial charge < -0.3 is 5.32 Å². The summed E-state index contributed by atoms with van der Waals surface area (Å²) >= 11 is 12.1. The van der Waals surface area contributed by atoms with E-state index < -0.39 is 15.6 Å². The molecule has 0 radical (unpaired) electrons. The third-order valence-electron chi connectivity index (χ3n) is 5.49. The fraction of sp³-hybridized carbons (Fsp3) is 0.409. The summed E-state index contributed by atoms with van der Waals surface area (Å²) in [6, 6.07) is 14.4. The van der Waals surface area contributed by atoms with Crippen LogP contribution in [-0.2, 0) is 26.1 Å². The van der Waals surface area contributed by atoms with Crippen LogP contribution < -0.4 is 5.32 Å². The number of nitrogens with one attached hydrogen (secondary N) is 1. The van der Waals surface area contributed by atoms with E-state index in [1.165, 1.54) is 4.31 Å². The molecule has 0 aromatic heterocycles. The maximum Gasteiger partial charge on any atom is 0.223 e. The maximum absolute atomic E-state index is 12.8. The minimum absolute atomic E-state index is 0.0188. The van der Waals surface area contributed by atoms with Gasteiger partial charge in [-0.05, 0) is 49.9 Å². The zero-order valence-corrected chi connectivity index (χ0v) is 19.4. The molecule has 1 fully saturated rings. The first kappa shape index (κ1) is 23.1. The molecule has 162 valence electrons. The zero-order valence-electron chi connectivity index (χ0n) is 17.1. The quantitative estimate of drug-likeness (QED) is 0.673. The lowest BCUT2D eigenvalue weighted by atomic mass is 9.91. The summed E-state index contributed by atoms with van der Waals surface area (Å²) in [4.78, 5) is 12.8. The number of hydrogen-bond donors (Lipinski definition) is 1. The molecule has 1 N–H and O–H groups in total. The maximum atomic E-state index is 12.8.